The number of amides is 2. The Balaban J connectivity index is 1.96. The maximum atomic E-state index is 12.6. The molecular weight excluding hydrogens is 296 g/mol. The van der Waals surface area contributed by atoms with Crippen molar-refractivity contribution >= 4 is 17.5 Å². The molecule has 6 heteroatoms. The first-order valence-corrected chi connectivity index (χ1v) is 7.92. The van der Waals surface area contributed by atoms with E-state index in [9.17, 15) is 9.59 Å². The fourth-order valence-corrected chi connectivity index (χ4v) is 2.36. The Labute approximate surface area is 136 Å². The van der Waals surface area contributed by atoms with Gasteiger partial charge in [-0.1, -0.05) is 6.92 Å². The largest absolute Gasteiger partial charge is 0.484 e. The van der Waals surface area contributed by atoms with Crippen molar-refractivity contribution in [1.29, 1.82) is 0 Å². The fourth-order valence-electron chi connectivity index (χ4n) is 2.36. The van der Waals surface area contributed by atoms with Crippen molar-refractivity contribution in [2.24, 2.45) is 11.7 Å². The third-order valence-electron chi connectivity index (χ3n) is 3.91. The molecule has 3 N–H and O–H groups in total. The first-order chi connectivity index (χ1) is 11.0. The van der Waals surface area contributed by atoms with Gasteiger partial charge in [-0.05, 0) is 56.4 Å². The van der Waals surface area contributed by atoms with Gasteiger partial charge in [0, 0.05) is 12.3 Å². The smallest absolute Gasteiger partial charge is 0.256 e. The van der Waals surface area contributed by atoms with E-state index in [0.717, 1.165) is 19.3 Å². The number of primary amides is 1. The molecule has 6 nitrogen and oxygen atoms in total. The van der Waals surface area contributed by atoms with Gasteiger partial charge in [-0.15, -0.1) is 0 Å². The van der Waals surface area contributed by atoms with Crippen LogP contribution in [0.25, 0.3) is 0 Å². The van der Waals surface area contributed by atoms with Crippen LogP contribution in [0, 0.1) is 5.92 Å². The second kappa shape index (κ2) is 7.46. The van der Waals surface area contributed by atoms with Crippen molar-refractivity contribution in [2.75, 3.05) is 18.5 Å². The summed E-state index contributed by atoms with van der Waals surface area (Å²) in [4.78, 5) is 23.3. The topological polar surface area (TPSA) is 90.7 Å². The maximum Gasteiger partial charge on any atom is 0.256 e. The lowest BCUT2D eigenvalue weighted by Gasteiger charge is -2.28. The number of carbonyl (C=O) groups is 2. The molecule has 1 saturated carbocycles. The summed E-state index contributed by atoms with van der Waals surface area (Å²) in [6.07, 6.45) is 2.92. The highest BCUT2D eigenvalue weighted by Gasteiger charge is 2.48. The van der Waals surface area contributed by atoms with Crippen molar-refractivity contribution in [3.05, 3.63) is 24.3 Å². The Bertz CT molecular complexity index is 554. The van der Waals surface area contributed by atoms with Crippen LogP contribution in [0.1, 0.15) is 33.1 Å². The summed E-state index contributed by atoms with van der Waals surface area (Å²) >= 11 is 0. The number of hydrogen-bond donors (Lipinski definition) is 2. The summed E-state index contributed by atoms with van der Waals surface area (Å²) < 4.78 is 11.0. The lowest BCUT2D eigenvalue weighted by molar-refractivity contribution is -0.142. The second-order valence-corrected chi connectivity index (χ2v) is 5.96. The molecule has 1 aliphatic rings. The Hall–Kier alpha value is -2.08. The van der Waals surface area contributed by atoms with E-state index in [1.165, 1.54) is 0 Å². The van der Waals surface area contributed by atoms with Crippen LogP contribution in [-0.2, 0) is 14.3 Å². The number of nitrogens with two attached hydrogens (primary N) is 1. The quantitative estimate of drug-likeness (QED) is 0.729. The highest BCUT2D eigenvalue weighted by Crippen LogP contribution is 2.42. The molecule has 1 atom stereocenters. The van der Waals surface area contributed by atoms with Gasteiger partial charge in [0.15, 0.2) is 6.61 Å². The van der Waals surface area contributed by atoms with Gasteiger partial charge >= 0.3 is 0 Å². The van der Waals surface area contributed by atoms with Crippen LogP contribution in [0.15, 0.2) is 24.3 Å². The van der Waals surface area contributed by atoms with E-state index in [1.807, 2.05) is 13.8 Å². The van der Waals surface area contributed by atoms with E-state index in [0.29, 0.717) is 18.0 Å². The van der Waals surface area contributed by atoms with Gasteiger partial charge in [0.1, 0.15) is 11.4 Å². The molecule has 0 aromatic heterocycles. The Morgan fingerprint density at radius 2 is 1.96 bits per heavy atom. The molecule has 0 heterocycles. The first-order valence-electron chi connectivity index (χ1n) is 7.92. The summed E-state index contributed by atoms with van der Waals surface area (Å²) in [5, 5.41) is 2.89. The van der Waals surface area contributed by atoms with Crippen molar-refractivity contribution in [2.45, 2.75) is 38.7 Å². The number of nitrogens with one attached hydrogen (secondary N) is 1. The molecule has 1 unspecified atom stereocenters. The number of hydrogen-bond acceptors (Lipinski definition) is 4. The molecule has 1 aliphatic carbocycles. The summed E-state index contributed by atoms with van der Waals surface area (Å²) in [5.74, 6) is 0.149. The molecule has 0 saturated heterocycles. The molecule has 1 fully saturated rings. The molecule has 2 rings (SSSR count). The Kier molecular flexibility index (Phi) is 5.60. The van der Waals surface area contributed by atoms with E-state index < -0.39 is 11.5 Å². The molecule has 1 aromatic carbocycles. The Morgan fingerprint density at radius 3 is 2.48 bits per heavy atom. The molecule has 126 valence electrons. The summed E-state index contributed by atoms with van der Waals surface area (Å²) in [7, 11) is 0. The first kappa shape index (κ1) is 17.3. The minimum atomic E-state index is -0.781. The molecule has 2 amide bonds. The highest BCUT2D eigenvalue weighted by molar-refractivity contribution is 5.97. The van der Waals surface area contributed by atoms with Gasteiger partial charge in [0.05, 0.1) is 0 Å². The predicted octanol–water partition coefficient (Wildman–Crippen LogP) is 2.08. The minimum Gasteiger partial charge on any atom is -0.484 e. The van der Waals surface area contributed by atoms with Crippen LogP contribution >= 0.6 is 0 Å². The summed E-state index contributed by atoms with van der Waals surface area (Å²) in [5.41, 5.74) is 4.90. The third-order valence-corrected chi connectivity index (χ3v) is 3.91. The van der Waals surface area contributed by atoms with E-state index >= 15 is 0 Å². The standard InChI is InChI=1S/C17H24N2O4/c1-3-10-23-17(2,12-4-5-12)16(21)19-13-6-8-14(9-7-13)22-11-15(18)20/h6-9,12H,3-5,10-11H2,1-2H3,(H2,18,20)(H,19,21). The van der Waals surface area contributed by atoms with E-state index in [4.69, 9.17) is 15.2 Å². The van der Waals surface area contributed by atoms with Crippen LogP contribution in [0.4, 0.5) is 5.69 Å². The normalized spacial score (nSPS) is 16.4. The van der Waals surface area contributed by atoms with Crippen LogP contribution in [-0.4, -0.2) is 30.6 Å². The molecule has 23 heavy (non-hydrogen) atoms. The molecule has 0 bridgehead atoms. The summed E-state index contributed by atoms with van der Waals surface area (Å²) in [6.45, 7) is 4.28. The third kappa shape index (κ3) is 4.69. The maximum absolute atomic E-state index is 12.6. The van der Waals surface area contributed by atoms with Gasteiger partial charge in [-0.2, -0.15) is 0 Å². The Morgan fingerprint density at radius 1 is 1.30 bits per heavy atom. The zero-order chi connectivity index (χ0) is 16.9. The lowest BCUT2D eigenvalue weighted by Crippen LogP contribution is -2.45. The zero-order valence-corrected chi connectivity index (χ0v) is 13.6. The van der Waals surface area contributed by atoms with Gasteiger partial charge in [-0.25, -0.2) is 0 Å². The van der Waals surface area contributed by atoms with Gasteiger partial charge < -0.3 is 20.5 Å². The average Bonchev–Trinajstić information content (AvgIpc) is 3.37. The SMILES string of the molecule is CCCOC(C)(C(=O)Nc1ccc(OCC(N)=O)cc1)C1CC1. The monoisotopic (exact) mass is 320 g/mol. The van der Waals surface area contributed by atoms with Crippen molar-refractivity contribution in [3.63, 3.8) is 0 Å². The second-order valence-electron chi connectivity index (χ2n) is 5.96. The van der Waals surface area contributed by atoms with Crippen LogP contribution in [0.2, 0.25) is 0 Å². The van der Waals surface area contributed by atoms with Crippen molar-refractivity contribution in [1.82, 2.24) is 0 Å². The van der Waals surface area contributed by atoms with E-state index in [2.05, 4.69) is 5.32 Å². The number of anilines is 1. The summed E-state index contributed by atoms with van der Waals surface area (Å²) in [6, 6.07) is 6.81. The van der Waals surface area contributed by atoms with Crippen LogP contribution in [0.3, 0.4) is 0 Å². The molecule has 0 aliphatic heterocycles. The van der Waals surface area contributed by atoms with Gasteiger partial charge in [-0.3, -0.25) is 9.59 Å². The minimum absolute atomic E-state index is 0.126. The van der Waals surface area contributed by atoms with Crippen molar-refractivity contribution in [3.8, 4) is 5.75 Å². The van der Waals surface area contributed by atoms with E-state index in [-0.39, 0.29) is 18.4 Å². The number of rotatable bonds is 9. The van der Waals surface area contributed by atoms with Crippen LogP contribution in [0.5, 0.6) is 5.75 Å². The lowest BCUT2D eigenvalue weighted by atomic mass is 9.98. The van der Waals surface area contributed by atoms with Crippen molar-refractivity contribution < 1.29 is 19.1 Å². The number of benzene rings is 1. The average molecular weight is 320 g/mol. The van der Waals surface area contributed by atoms with E-state index in [1.54, 1.807) is 24.3 Å². The van der Waals surface area contributed by atoms with Gasteiger partial charge in [0.2, 0.25) is 0 Å². The zero-order valence-electron chi connectivity index (χ0n) is 13.6. The fraction of sp³-hybridized carbons (Fsp3) is 0.529. The predicted molar refractivity (Wildman–Crippen MR) is 87.1 cm³/mol. The molecule has 0 spiro atoms. The van der Waals surface area contributed by atoms with Crippen LogP contribution < -0.4 is 15.8 Å². The highest BCUT2D eigenvalue weighted by atomic mass is 16.5. The molecular formula is C17H24N2O4. The number of carbonyl (C=O) groups excluding carboxylic acids is 2. The number of ether oxygens (including phenoxy) is 2. The molecule has 0 radical (unpaired) electrons. The van der Waals surface area contributed by atoms with Gasteiger partial charge in [0.25, 0.3) is 11.8 Å². The molecule has 1 aromatic rings.